The number of carbonyl (C=O) groups is 2. The van der Waals surface area contributed by atoms with E-state index in [2.05, 4.69) is 4.98 Å². The van der Waals surface area contributed by atoms with Gasteiger partial charge in [0, 0.05) is 31.4 Å². The van der Waals surface area contributed by atoms with Gasteiger partial charge in [0.25, 0.3) is 5.69 Å². The van der Waals surface area contributed by atoms with Crippen LogP contribution < -0.4 is 4.90 Å². The maximum Gasteiger partial charge on any atom is 0.340 e. The zero-order chi connectivity index (χ0) is 17.8. The van der Waals surface area contributed by atoms with Crippen LogP contribution in [0.4, 0.5) is 11.4 Å². The van der Waals surface area contributed by atoms with Crippen LogP contribution in [0.3, 0.4) is 0 Å². The number of non-ortho nitro benzene ring substituents is 1. The number of nitro groups is 1. The van der Waals surface area contributed by atoms with Crippen molar-refractivity contribution < 1.29 is 19.2 Å². The lowest BCUT2D eigenvalue weighted by Gasteiger charge is -2.20. The van der Waals surface area contributed by atoms with Gasteiger partial charge in [0.15, 0.2) is 6.61 Å². The third-order valence-corrected chi connectivity index (χ3v) is 4.09. The van der Waals surface area contributed by atoms with E-state index in [1.54, 1.807) is 24.4 Å². The first-order valence-corrected chi connectivity index (χ1v) is 7.93. The van der Waals surface area contributed by atoms with E-state index in [1.807, 2.05) is 4.90 Å². The van der Waals surface area contributed by atoms with E-state index in [4.69, 9.17) is 4.74 Å². The van der Waals surface area contributed by atoms with Crippen molar-refractivity contribution >= 4 is 23.1 Å². The highest BCUT2D eigenvalue weighted by molar-refractivity contribution is 6.00. The first-order valence-electron chi connectivity index (χ1n) is 7.93. The summed E-state index contributed by atoms with van der Waals surface area (Å²) in [5, 5.41) is 11.0. The van der Waals surface area contributed by atoms with E-state index in [9.17, 15) is 19.7 Å². The van der Waals surface area contributed by atoms with Crippen molar-refractivity contribution in [3.05, 3.63) is 57.9 Å². The predicted octanol–water partition coefficient (Wildman–Crippen LogP) is 2.56. The minimum absolute atomic E-state index is 0.107. The summed E-state index contributed by atoms with van der Waals surface area (Å²) in [6, 6.07) is 7.39. The van der Waals surface area contributed by atoms with Crippen molar-refractivity contribution in [2.45, 2.75) is 12.8 Å². The van der Waals surface area contributed by atoms with Gasteiger partial charge >= 0.3 is 5.97 Å². The fraction of sp³-hybridized carbons (Fsp3) is 0.294. The number of ether oxygens (including phenoxy) is 1. The number of benzene rings is 1. The van der Waals surface area contributed by atoms with E-state index in [1.165, 1.54) is 12.1 Å². The summed E-state index contributed by atoms with van der Waals surface area (Å²) in [6.07, 6.45) is 3.59. The zero-order valence-electron chi connectivity index (χ0n) is 13.4. The number of ketones is 1. The third kappa shape index (κ3) is 3.68. The number of Topliss-reactive ketones (excluding diaryl/α,β-unsaturated/α-hetero) is 1. The minimum Gasteiger partial charge on any atom is -0.454 e. The van der Waals surface area contributed by atoms with Crippen molar-refractivity contribution in [1.29, 1.82) is 0 Å². The summed E-state index contributed by atoms with van der Waals surface area (Å²) in [7, 11) is 0. The molecule has 25 heavy (non-hydrogen) atoms. The third-order valence-electron chi connectivity index (χ3n) is 4.09. The van der Waals surface area contributed by atoms with Gasteiger partial charge in [-0.15, -0.1) is 0 Å². The number of aromatic nitrogens is 1. The fourth-order valence-electron chi connectivity index (χ4n) is 2.83. The number of hydrogen-bond donors (Lipinski definition) is 1. The lowest BCUT2D eigenvalue weighted by Crippen LogP contribution is -2.22. The Morgan fingerprint density at radius 1 is 1.24 bits per heavy atom. The molecule has 0 unspecified atom stereocenters. The molecule has 1 fully saturated rings. The highest BCUT2D eigenvalue weighted by atomic mass is 16.6. The second-order valence-electron chi connectivity index (χ2n) is 5.74. The van der Waals surface area contributed by atoms with E-state index in [0.29, 0.717) is 11.4 Å². The summed E-state index contributed by atoms with van der Waals surface area (Å²) in [6.45, 7) is 1.13. The number of aromatic amines is 1. The smallest absolute Gasteiger partial charge is 0.340 e. The molecule has 0 amide bonds. The molecule has 1 aromatic carbocycles. The number of anilines is 1. The number of nitrogens with zero attached hydrogens (tertiary/aromatic N) is 2. The van der Waals surface area contributed by atoms with E-state index in [0.717, 1.165) is 25.9 Å². The molecule has 0 spiro atoms. The largest absolute Gasteiger partial charge is 0.454 e. The molecule has 3 rings (SSSR count). The highest BCUT2D eigenvalue weighted by Gasteiger charge is 2.24. The standard InChI is InChI=1S/C17H17N3O5/c21-16(14-4-3-7-18-14)11-25-17(22)13-10-12(20(23)24)5-6-15(13)19-8-1-2-9-19/h3-7,10,18H,1-2,8-9,11H2. The molecule has 1 N–H and O–H groups in total. The quantitative estimate of drug-likeness (QED) is 0.374. The summed E-state index contributed by atoms with van der Waals surface area (Å²) in [5.41, 5.74) is 0.855. The average Bonchev–Trinajstić information content (AvgIpc) is 3.32. The number of nitro benzene ring substituents is 1. The molecule has 2 aromatic rings. The van der Waals surface area contributed by atoms with Gasteiger partial charge in [-0.2, -0.15) is 0 Å². The lowest BCUT2D eigenvalue weighted by molar-refractivity contribution is -0.384. The maximum absolute atomic E-state index is 12.4. The zero-order valence-corrected chi connectivity index (χ0v) is 13.4. The van der Waals surface area contributed by atoms with E-state index >= 15 is 0 Å². The highest BCUT2D eigenvalue weighted by Crippen LogP contribution is 2.29. The number of rotatable bonds is 6. The van der Waals surface area contributed by atoms with Gasteiger partial charge in [-0.25, -0.2) is 4.79 Å². The van der Waals surface area contributed by atoms with Gasteiger partial charge in [0.2, 0.25) is 5.78 Å². The number of carbonyl (C=O) groups excluding carboxylic acids is 2. The van der Waals surface area contributed by atoms with E-state index < -0.39 is 17.5 Å². The van der Waals surface area contributed by atoms with Gasteiger partial charge in [0.05, 0.1) is 21.9 Å². The topological polar surface area (TPSA) is 106 Å². The summed E-state index contributed by atoms with van der Waals surface area (Å²) < 4.78 is 5.09. The molecule has 1 saturated heterocycles. The van der Waals surface area contributed by atoms with Crippen LogP contribution in [0, 0.1) is 10.1 Å². The first kappa shape index (κ1) is 16.7. The molecule has 0 aliphatic carbocycles. The summed E-state index contributed by atoms with van der Waals surface area (Å²) >= 11 is 0. The van der Waals surface area contributed by atoms with Crippen molar-refractivity contribution in [2.24, 2.45) is 0 Å². The molecule has 1 aliphatic rings. The number of hydrogen-bond acceptors (Lipinski definition) is 6. The number of nitrogens with one attached hydrogen (secondary N) is 1. The Balaban J connectivity index is 1.80. The minimum atomic E-state index is -0.745. The monoisotopic (exact) mass is 343 g/mol. The fourth-order valence-corrected chi connectivity index (χ4v) is 2.83. The summed E-state index contributed by atoms with van der Waals surface area (Å²) in [5.74, 6) is -1.11. The molecule has 1 aromatic heterocycles. The van der Waals surface area contributed by atoms with Crippen LogP contribution >= 0.6 is 0 Å². The molecule has 1 aliphatic heterocycles. The van der Waals surface area contributed by atoms with Crippen LogP contribution in [-0.4, -0.2) is 41.4 Å². The van der Waals surface area contributed by atoms with Gasteiger partial charge in [-0.05, 0) is 31.0 Å². The van der Waals surface area contributed by atoms with Gasteiger partial charge < -0.3 is 14.6 Å². The maximum atomic E-state index is 12.4. The van der Waals surface area contributed by atoms with Gasteiger partial charge in [-0.1, -0.05) is 0 Å². The Bertz CT molecular complexity index is 795. The predicted molar refractivity (Wildman–Crippen MR) is 89.9 cm³/mol. The molecule has 8 heteroatoms. The molecular weight excluding hydrogens is 326 g/mol. The van der Waals surface area contributed by atoms with Crippen LogP contribution in [-0.2, 0) is 4.74 Å². The molecule has 2 heterocycles. The molecule has 0 saturated carbocycles. The van der Waals surface area contributed by atoms with Crippen LogP contribution in [0.5, 0.6) is 0 Å². The molecule has 0 radical (unpaired) electrons. The van der Waals surface area contributed by atoms with E-state index in [-0.39, 0.29) is 17.0 Å². The van der Waals surface area contributed by atoms with Crippen molar-refractivity contribution in [1.82, 2.24) is 4.98 Å². The van der Waals surface area contributed by atoms with Crippen LogP contribution in [0.1, 0.15) is 33.7 Å². The average molecular weight is 343 g/mol. The van der Waals surface area contributed by atoms with Crippen LogP contribution in [0.2, 0.25) is 0 Å². The molecule has 130 valence electrons. The Hall–Kier alpha value is -3.16. The second kappa shape index (κ2) is 7.16. The number of H-pyrrole nitrogens is 1. The van der Waals surface area contributed by atoms with Crippen LogP contribution in [0.25, 0.3) is 0 Å². The van der Waals surface area contributed by atoms with Crippen LogP contribution in [0.15, 0.2) is 36.5 Å². The molecule has 8 nitrogen and oxygen atoms in total. The van der Waals surface area contributed by atoms with Gasteiger partial charge in [0.1, 0.15) is 0 Å². The number of esters is 1. The Morgan fingerprint density at radius 2 is 2.00 bits per heavy atom. The molecule has 0 atom stereocenters. The Morgan fingerprint density at radius 3 is 2.64 bits per heavy atom. The lowest BCUT2D eigenvalue weighted by atomic mass is 10.1. The van der Waals surface area contributed by atoms with Crippen molar-refractivity contribution in [3.8, 4) is 0 Å². The molecule has 0 bridgehead atoms. The van der Waals surface area contributed by atoms with Gasteiger partial charge in [-0.3, -0.25) is 14.9 Å². The first-order chi connectivity index (χ1) is 12.1. The van der Waals surface area contributed by atoms with Crippen molar-refractivity contribution in [3.63, 3.8) is 0 Å². The normalized spacial score (nSPS) is 13.7. The Labute approximate surface area is 143 Å². The summed E-state index contributed by atoms with van der Waals surface area (Å²) in [4.78, 5) is 39.6. The second-order valence-corrected chi connectivity index (χ2v) is 5.74. The van der Waals surface area contributed by atoms with Crippen molar-refractivity contribution in [2.75, 3.05) is 24.6 Å². The Kier molecular flexibility index (Phi) is 4.78. The SMILES string of the molecule is O=C(COC(=O)c1cc([N+](=O)[O-])ccc1N1CCCC1)c1ccc[nH]1. The molecular formula is C17H17N3O5.